The highest BCUT2D eigenvalue weighted by atomic mass is 16.1. The molecular weight excluding hydrogens is 238 g/mol. The van der Waals surface area contributed by atoms with Gasteiger partial charge in [-0.3, -0.25) is 9.69 Å². The monoisotopic (exact) mass is 261 g/mol. The Kier molecular flexibility index (Phi) is 4.93. The highest BCUT2D eigenvalue weighted by Gasteiger charge is 2.31. The Morgan fingerprint density at radius 3 is 2.84 bits per heavy atom. The summed E-state index contributed by atoms with van der Waals surface area (Å²) in [4.78, 5) is 13.8. The maximum absolute atomic E-state index is 11.6. The minimum Gasteiger partial charge on any atom is -0.368 e. The zero-order valence-electron chi connectivity index (χ0n) is 11.5. The molecule has 0 spiro atoms. The molecule has 104 valence electrons. The average Bonchev–Trinajstić information content (AvgIpc) is 2.46. The predicted octanol–water partition coefficient (Wildman–Crippen LogP) is 0.767. The van der Waals surface area contributed by atoms with Crippen molar-refractivity contribution in [2.45, 2.75) is 31.8 Å². The van der Waals surface area contributed by atoms with E-state index in [1.807, 2.05) is 6.07 Å². The lowest BCUT2D eigenvalue weighted by Crippen LogP contribution is -2.60. The third-order valence-electron chi connectivity index (χ3n) is 3.87. The van der Waals surface area contributed by atoms with Crippen LogP contribution in [-0.2, 0) is 11.2 Å². The van der Waals surface area contributed by atoms with E-state index < -0.39 is 0 Å². The van der Waals surface area contributed by atoms with Crippen LogP contribution in [-0.4, -0.2) is 42.5 Å². The number of primary amides is 1. The van der Waals surface area contributed by atoms with Crippen LogP contribution >= 0.6 is 0 Å². The van der Waals surface area contributed by atoms with Crippen molar-refractivity contribution in [3.8, 4) is 0 Å². The number of nitrogens with zero attached hydrogens (tertiary/aromatic N) is 1. The molecule has 19 heavy (non-hydrogen) atoms. The molecule has 4 nitrogen and oxygen atoms in total. The molecule has 1 amide bonds. The number of piperazine rings is 1. The summed E-state index contributed by atoms with van der Waals surface area (Å²) in [6, 6.07) is 10.6. The molecule has 0 aliphatic carbocycles. The molecule has 0 bridgehead atoms. The van der Waals surface area contributed by atoms with Crippen LogP contribution in [0.5, 0.6) is 0 Å². The van der Waals surface area contributed by atoms with Crippen molar-refractivity contribution in [2.75, 3.05) is 19.6 Å². The summed E-state index contributed by atoms with van der Waals surface area (Å²) in [7, 11) is 0. The van der Waals surface area contributed by atoms with E-state index in [4.69, 9.17) is 5.73 Å². The van der Waals surface area contributed by atoms with Crippen molar-refractivity contribution in [3.05, 3.63) is 35.9 Å². The van der Waals surface area contributed by atoms with Crippen molar-refractivity contribution >= 4 is 5.91 Å². The van der Waals surface area contributed by atoms with Crippen LogP contribution in [0.2, 0.25) is 0 Å². The number of nitrogens with two attached hydrogens (primary N) is 1. The Balaban J connectivity index is 2.09. The Bertz CT molecular complexity index is 407. The molecule has 1 saturated heterocycles. The van der Waals surface area contributed by atoms with Crippen molar-refractivity contribution in [2.24, 2.45) is 5.73 Å². The Hall–Kier alpha value is -1.39. The average molecular weight is 261 g/mol. The molecule has 1 aliphatic heterocycles. The molecule has 3 N–H and O–H groups in total. The summed E-state index contributed by atoms with van der Waals surface area (Å²) < 4.78 is 0. The summed E-state index contributed by atoms with van der Waals surface area (Å²) in [6.07, 6.45) is 2.00. The topological polar surface area (TPSA) is 58.4 Å². The fraction of sp³-hybridized carbons (Fsp3) is 0.533. The first-order chi connectivity index (χ1) is 9.22. The third kappa shape index (κ3) is 3.55. The number of benzene rings is 1. The first-order valence-corrected chi connectivity index (χ1v) is 7.02. The number of hydrogen-bond acceptors (Lipinski definition) is 3. The summed E-state index contributed by atoms with van der Waals surface area (Å²) in [6.45, 7) is 4.66. The van der Waals surface area contributed by atoms with Crippen LogP contribution in [0.25, 0.3) is 0 Å². The molecule has 1 aromatic carbocycles. The van der Waals surface area contributed by atoms with Gasteiger partial charge in [0.1, 0.15) is 6.04 Å². The van der Waals surface area contributed by atoms with Gasteiger partial charge in [-0.2, -0.15) is 0 Å². The minimum atomic E-state index is -0.223. The van der Waals surface area contributed by atoms with Crippen LogP contribution < -0.4 is 11.1 Å². The second-order valence-electron chi connectivity index (χ2n) is 5.11. The van der Waals surface area contributed by atoms with E-state index in [0.29, 0.717) is 12.6 Å². The molecule has 1 aromatic rings. The molecule has 4 heteroatoms. The van der Waals surface area contributed by atoms with Gasteiger partial charge in [-0.05, 0) is 18.4 Å². The lowest BCUT2D eigenvalue weighted by Gasteiger charge is -2.39. The number of nitrogens with one attached hydrogen (secondary N) is 1. The SMILES string of the molecule is CCC(Cc1ccccc1)N1CCNCC1C(N)=O. The summed E-state index contributed by atoms with van der Waals surface area (Å²) in [5.41, 5.74) is 6.84. The smallest absolute Gasteiger partial charge is 0.236 e. The van der Waals surface area contributed by atoms with Crippen LogP contribution in [0.3, 0.4) is 0 Å². The van der Waals surface area contributed by atoms with Gasteiger partial charge in [0.2, 0.25) is 5.91 Å². The molecule has 0 radical (unpaired) electrons. The molecule has 1 heterocycles. The van der Waals surface area contributed by atoms with Crippen molar-refractivity contribution in [1.82, 2.24) is 10.2 Å². The molecule has 1 aliphatic rings. The van der Waals surface area contributed by atoms with Gasteiger partial charge in [-0.15, -0.1) is 0 Å². The lowest BCUT2D eigenvalue weighted by molar-refractivity contribution is -0.124. The number of amides is 1. The second-order valence-corrected chi connectivity index (χ2v) is 5.11. The fourth-order valence-corrected chi connectivity index (χ4v) is 2.80. The quantitative estimate of drug-likeness (QED) is 0.823. The Labute approximate surface area is 115 Å². The maximum Gasteiger partial charge on any atom is 0.236 e. The van der Waals surface area contributed by atoms with Crippen LogP contribution in [0.4, 0.5) is 0 Å². The number of carbonyl (C=O) groups is 1. The van der Waals surface area contributed by atoms with Crippen molar-refractivity contribution in [3.63, 3.8) is 0 Å². The van der Waals surface area contributed by atoms with E-state index >= 15 is 0 Å². The van der Waals surface area contributed by atoms with Gasteiger partial charge < -0.3 is 11.1 Å². The normalized spacial score (nSPS) is 22.1. The fourth-order valence-electron chi connectivity index (χ4n) is 2.80. The number of rotatable bonds is 5. The summed E-state index contributed by atoms with van der Waals surface area (Å²) in [5, 5.41) is 3.25. The van der Waals surface area contributed by atoms with E-state index in [2.05, 4.69) is 41.4 Å². The van der Waals surface area contributed by atoms with Gasteiger partial charge in [0, 0.05) is 25.7 Å². The molecule has 2 unspecified atom stereocenters. The summed E-state index contributed by atoms with van der Waals surface area (Å²) >= 11 is 0. The predicted molar refractivity (Wildman–Crippen MR) is 76.8 cm³/mol. The van der Waals surface area contributed by atoms with E-state index in [1.165, 1.54) is 5.56 Å². The first kappa shape index (κ1) is 14.0. The van der Waals surface area contributed by atoms with Crippen LogP contribution in [0, 0.1) is 0 Å². The molecule has 2 rings (SSSR count). The number of carbonyl (C=O) groups excluding carboxylic acids is 1. The molecule has 1 fully saturated rings. The van der Waals surface area contributed by atoms with Gasteiger partial charge in [0.15, 0.2) is 0 Å². The molecule has 0 saturated carbocycles. The summed E-state index contributed by atoms with van der Waals surface area (Å²) in [5.74, 6) is -0.223. The molecular formula is C15H23N3O. The largest absolute Gasteiger partial charge is 0.368 e. The zero-order valence-corrected chi connectivity index (χ0v) is 11.5. The Morgan fingerprint density at radius 2 is 2.21 bits per heavy atom. The number of hydrogen-bond donors (Lipinski definition) is 2. The minimum absolute atomic E-state index is 0.178. The second kappa shape index (κ2) is 6.68. The van der Waals surface area contributed by atoms with Gasteiger partial charge in [0.05, 0.1) is 0 Å². The van der Waals surface area contributed by atoms with E-state index in [1.54, 1.807) is 0 Å². The van der Waals surface area contributed by atoms with E-state index in [0.717, 1.165) is 25.9 Å². The van der Waals surface area contributed by atoms with Gasteiger partial charge >= 0.3 is 0 Å². The zero-order chi connectivity index (χ0) is 13.7. The standard InChI is InChI=1S/C15H23N3O/c1-2-13(10-12-6-4-3-5-7-12)18-9-8-17-11-14(18)15(16)19/h3-7,13-14,17H,2,8-11H2,1H3,(H2,16,19). The van der Waals surface area contributed by atoms with Gasteiger partial charge in [-0.1, -0.05) is 37.3 Å². The highest BCUT2D eigenvalue weighted by molar-refractivity contribution is 5.80. The van der Waals surface area contributed by atoms with Crippen molar-refractivity contribution in [1.29, 1.82) is 0 Å². The van der Waals surface area contributed by atoms with Gasteiger partial charge in [0.25, 0.3) is 0 Å². The molecule has 0 aromatic heterocycles. The maximum atomic E-state index is 11.6. The van der Waals surface area contributed by atoms with Crippen LogP contribution in [0.1, 0.15) is 18.9 Å². The lowest BCUT2D eigenvalue weighted by atomic mass is 9.99. The highest BCUT2D eigenvalue weighted by Crippen LogP contribution is 2.16. The first-order valence-electron chi connectivity index (χ1n) is 7.02. The van der Waals surface area contributed by atoms with Crippen LogP contribution in [0.15, 0.2) is 30.3 Å². The van der Waals surface area contributed by atoms with Crippen molar-refractivity contribution < 1.29 is 4.79 Å². The van der Waals surface area contributed by atoms with E-state index in [9.17, 15) is 4.79 Å². The molecule has 2 atom stereocenters. The Morgan fingerprint density at radius 1 is 1.47 bits per heavy atom. The van der Waals surface area contributed by atoms with Gasteiger partial charge in [-0.25, -0.2) is 0 Å². The van der Waals surface area contributed by atoms with E-state index in [-0.39, 0.29) is 11.9 Å². The third-order valence-corrected chi connectivity index (χ3v) is 3.87.